The van der Waals surface area contributed by atoms with Gasteiger partial charge in [0.15, 0.2) is 5.11 Å². The molecule has 31 heavy (non-hydrogen) atoms. The summed E-state index contributed by atoms with van der Waals surface area (Å²) in [6, 6.07) is 22.8. The lowest BCUT2D eigenvalue weighted by atomic mass is 10.0. The number of esters is 1. The minimum absolute atomic E-state index is 0.0729. The van der Waals surface area contributed by atoms with Crippen LogP contribution < -0.4 is 16.2 Å². The fraction of sp³-hybridized carbons (Fsp3) is 0.0435. The van der Waals surface area contributed by atoms with Crippen molar-refractivity contribution in [1.29, 1.82) is 0 Å². The van der Waals surface area contributed by atoms with Crippen molar-refractivity contribution in [3.05, 3.63) is 95.6 Å². The first kappa shape index (κ1) is 21.7. The maximum Gasteiger partial charge on any atom is 0.337 e. The molecule has 0 aliphatic carbocycles. The summed E-state index contributed by atoms with van der Waals surface area (Å²) < 4.78 is 4.61. The van der Waals surface area contributed by atoms with Gasteiger partial charge in [-0.05, 0) is 59.7 Å². The van der Waals surface area contributed by atoms with Gasteiger partial charge < -0.3 is 4.74 Å². The Hall–Kier alpha value is -4.04. The van der Waals surface area contributed by atoms with E-state index in [1.807, 2.05) is 42.5 Å². The molecule has 0 saturated heterocycles. The molecule has 8 heteroatoms. The Morgan fingerprint density at radius 3 is 1.81 bits per heavy atom. The van der Waals surface area contributed by atoms with E-state index in [9.17, 15) is 14.4 Å². The van der Waals surface area contributed by atoms with Gasteiger partial charge >= 0.3 is 5.97 Å². The third kappa shape index (κ3) is 5.74. The number of hydrogen-bond acceptors (Lipinski definition) is 5. The van der Waals surface area contributed by atoms with Crippen LogP contribution in [0.3, 0.4) is 0 Å². The molecule has 3 rings (SSSR count). The van der Waals surface area contributed by atoms with Gasteiger partial charge in [-0.25, -0.2) is 4.79 Å². The van der Waals surface area contributed by atoms with Crippen LogP contribution in [0.25, 0.3) is 11.1 Å². The van der Waals surface area contributed by atoms with Gasteiger partial charge in [-0.3, -0.25) is 25.8 Å². The fourth-order valence-corrected chi connectivity index (χ4v) is 2.86. The predicted octanol–water partition coefficient (Wildman–Crippen LogP) is 3.09. The molecule has 0 atom stereocenters. The van der Waals surface area contributed by atoms with Crippen molar-refractivity contribution in [2.24, 2.45) is 0 Å². The lowest BCUT2D eigenvalue weighted by Gasteiger charge is -2.11. The molecule has 3 aromatic carbocycles. The van der Waals surface area contributed by atoms with Crippen LogP contribution in [0.4, 0.5) is 0 Å². The second-order valence-electron chi connectivity index (χ2n) is 6.37. The summed E-state index contributed by atoms with van der Waals surface area (Å²) in [6.45, 7) is 0. The number of nitrogens with one attached hydrogen (secondary N) is 3. The summed E-state index contributed by atoms with van der Waals surface area (Å²) >= 11 is 5.04. The van der Waals surface area contributed by atoms with Crippen LogP contribution in [-0.2, 0) is 4.74 Å². The Bertz CT molecular complexity index is 1100. The average molecular weight is 433 g/mol. The number of ether oxygens (including phenoxy) is 1. The van der Waals surface area contributed by atoms with Crippen molar-refractivity contribution >= 4 is 35.1 Å². The number of benzene rings is 3. The first-order valence-corrected chi connectivity index (χ1v) is 9.64. The quantitative estimate of drug-likeness (QED) is 0.332. The maximum atomic E-state index is 12.3. The molecule has 0 fully saturated rings. The molecule has 0 aliphatic heterocycles. The summed E-state index contributed by atoms with van der Waals surface area (Å²) in [5, 5.41) is 2.37. The third-order valence-corrected chi connectivity index (χ3v) is 4.54. The molecular formula is C23H19N3O4S. The zero-order valence-corrected chi connectivity index (χ0v) is 17.4. The molecule has 7 nitrogen and oxygen atoms in total. The number of amides is 2. The number of carbonyl (C=O) groups excluding carboxylic acids is 3. The van der Waals surface area contributed by atoms with E-state index < -0.39 is 17.8 Å². The molecule has 0 aliphatic rings. The number of methoxy groups -OCH3 is 1. The topological polar surface area (TPSA) is 96.5 Å². The Kier molecular flexibility index (Phi) is 7.08. The Morgan fingerprint density at radius 2 is 1.19 bits per heavy atom. The molecule has 0 heterocycles. The summed E-state index contributed by atoms with van der Waals surface area (Å²) in [5.74, 6) is -1.39. The van der Waals surface area contributed by atoms with E-state index in [2.05, 4.69) is 20.9 Å². The number of hydrogen-bond donors (Lipinski definition) is 3. The van der Waals surface area contributed by atoms with E-state index in [-0.39, 0.29) is 5.11 Å². The molecule has 0 radical (unpaired) electrons. The molecule has 0 aromatic heterocycles. The zero-order chi connectivity index (χ0) is 22.2. The van der Waals surface area contributed by atoms with Crippen LogP contribution in [0.1, 0.15) is 31.1 Å². The van der Waals surface area contributed by atoms with Crippen LogP contribution in [0, 0.1) is 0 Å². The Balaban J connectivity index is 1.51. The number of thiocarbonyl (C=S) groups is 1. The highest BCUT2D eigenvalue weighted by molar-refractivity contribution is 7.80. The minimum Gasteiger partial charge on any atom is -0.465 e. The van der Waals surface area contributed by atoms with Crippen LogP contribution in [0.2, 0.25) is 0 Å². The Labute approximate surface area is 184 Å². The van der Waals surface area contributed by atoms with Gasteiger partial charge in [0, 0.05) is 11.1 Å². The first-order chi connectivity index (χ1) is 15.0. The molecule has 2 amide bonds. The molecular weight excluding hydrogens is 414 g/mol. The van der Waals surface area contributed by atoms with Gasteiger partial charge in [-0.1, -0.05) is 42.5 Å². The second-order valence-corrected chi connectivity index (χ2v) is 6.78. The van der Waals surface area contributed by atoms with E-state index in [1.54, 1.807) is 12.1 Å². The summed E-state index contributed by atoms with van der Waals surface area (Å²) in [5.41, 5.74) is 8.02. The van der Waals surface area contributed by atoms with Gasteiger partial charge in [0.25, 0.3) is 11.8 Å². The van der Waals surface area contributed by atoms with Crippen molar-refractivity contribution in [3.63, 3.8) is 0 Å². The molecule has 3 aromatic rings. The molecule has 0 saturated carbocycles. The summed E-state index contributed by atoms with van der Waals surface area (Å²) in [6.07, 6.45) is 0. The van der Waals surface area contributed by atoms with E-state index in [4.69, 9.17) is 12.2 Å². The normalized spacial score (nSPS) is 9.97. The lowest BCUT2D eigenvalue weighted by Crippen LogP contribution is -2.48. The van der Waals surface area contributed by atoms with E-state index in [0.717, 1.165) is 11.1 Å². The molecule has 156 valence electrons. The van der Waals surface area contributed by atoms with Gasteiger partial charge in [0.1, 0.15) is 0 Å². The predicted molar refractivity (Wildman–Crippen MR) is 120 cm³/mol. The van der Waals surface area contributed by atoms with E-state index >= 15 is 0 Å². The zero-order valence-electron chi connectivity index (χ0n) is 16.5. The van der Waals surface area contributed by atoms with Gasteiger partial charge in [-0.15, -0.1) is 0 Å². The van der Waals surface area contributed by atoms with Gasteiger partial charge in [0.05, 0.1) is 12.7 Å². The Morgan fingerprint density at radius 1 is 0.677 bits per heavy atom. The van der Waals surface area contributed by atoms with Gasteiger partial charge in [0.2, 0.25) is 0 Å². The minimum atomic E-state index is -0.497. The highest BCUT2D eigenvalue weighted by Gasteiger charge is 2.11. The van der Waals surface area contributed by atoms with Crippen LogP contribution >= 0.6 is 12.2 Å². The van der Waals surface area contributed by atoms with Crippen LogP contribution in [0.15, 0.2) is 78.9 Å². The maximum absolute atomic E-state index is 12.3. The highest BCUT2D eigenvalue weighted by Crippen LogP contribution is 2.19. The van der Waals surface area contributed by atoms with Crippen molar-refractivity contribution < 1.29 is 19.1 Å². The molecule has 0 bridgehead atoms. The standard InChI is InChI=1S/C23H19N3O4S/c1-30-22(29)19-13-11-17(12-14-19)20(27)24-23(31)26-25-21(28)18-9-7-16(8-10-18)15-5-3-2-4-6-15/h2-14H,1H3,(H,25,28)(H2,24,26,27,31). The fourth-order valence-electron chi connectivity index (χ4n) is 2.71. The summed E-state index contributed by atoms with van der Waals surface area (Å²) in [4.78, 5) is 36.0. The summed E-state index contributed by atoms with van der Waals surface area (Å²) in [7, 11) is 1.28. The molecule has 3 N–H and O–H groups in total. The van der Waals surface area contributed by atoms with Crippen molar-refractivity contribution in [2.45, 2.75) is 0 Å². The lowest BCUT2D eigenvalue weighted by molar-refractivity contribution is 0.0600. The second kappa shape index (κ2) is 10.1. The molecule has 0 unspecified atom stereocenters. The van der Waals surface area contributed by atoms with Crippen LogP contribution in [0.5, 0.6) is 0 Å². The van der Waals surface area contributed by atoms with E-state index in [0.29, 0.717) is 16.7 Å². The SMILES string of the molecule is COC(=O)c1ccc(C(=O)NC(=S)NNC(=O)c2ccc(-c3ccccc3)cc2)cc1. The van der Waals surface area contributed by atoms with E-state index in [1.165, 1.54) is 31.4 Å². The highest BCUT2D eigenvalue weighted by atomic mass is 32.1. The van der Waals surface area contributed by atoms with Crippen molar-refractivity contribution in [2.75, 3.05) is 7.11 Å². The first-order valence-electron chi connectivity index (χ1n) is 9.23. The third-order valence-electron chi connectivity index (χ3n) is 4.34. The van der Waals surface area contributed by atoms with Gasteiger partial charge in [-0.2, -0.15) is 0 Å². The van der Waals surface area contributed by atoms with Crippen molar-refractivity contribution in [3.8, 4) is 11.1 Å². The number of hydrazine groups is 1. The van der Waals surface area contributed by atoms with Crippen molar-refractivity contribution in [1.82, 2.24) is 16.2 Å². The average Bonchev–Trinajstić information content (AvgIpc) is 2.82. The largest absolute Gasteiger partial charge is 0.465 e. The number of rotatable bonds is 4. The number of carbonyl (C=O) groups is 3. The monoisotopic (exact) mass is 433 g/mol. The smallest absolute Gasteiger partial charge is 0.337 e. The molecule has 0 spiro atoms. The van der Waals surface area contributed by atoms with Crippen LogP contribution in [-0.4, -0.2) is 30.0 Å².